The number of hydrogen-bond donors (Lipinski definition) is 2. The molecular weight excluding hydrogens is 358 g/mol. The molecule has 27 heavy (non-hydrogen) atoms. The third-order valence-electron chi connectivity index (χ3n) is 2.82. The van der Waals surface area contributed by atoms with E-state index in [9.17, 15) is 5.11 Å². The Balaban J connectivity index is -0.00000104. The molecule has 0 radical (unpaired) electrons. The molecule has 0 heterocycles. The van der Waals surface area contributed by atoms with Gasteiger partial charge in [0.05, 0.1) is 17.7 Å². The largest absolute Gasteiger partial charge is 0.388 e. The first kappa shape index (κ1) is 30.8. The summed E-state index contributed by atoms with van der Waals surface area (Å²) in [5.41, 5.74) is 3.64. The number of aliphatic hydroxyl groups excluding tert-OH is 1. The Morgan fingerprint density at radius 3 is 2.00 bits per heavy atom. The SMILES string of the molecule is C=CC(C/C=C/C[C@@H](O)/C(C)=C/C=C(\C)Cl)NOC(C)(C)C.CC.CCC. The van der Waals surface area contributed by atoms with Crippen LogP contribution in [0.15, 0.2) is 47.6 Å². The summed E-state index contributed by atoms with van der Waals surface area (Å²) >= 11 is 5.76. The smallest absolute Gasteiger partial charge is 0.0813 e. The highest BCUT2D eigenvalue weighted by atomic mass is 35.5. The third kappa shape index (κ3) is 25.1. The molecule has 0 saturated carbocycles. The summed E-state index contributed by atoms with van der Waals surface area (Å²) in [6.45, 7) is 21.7. The standard InChI is InChI=1S/C18H30ClNO2.C3H8.C2H6/c1-7-16(20-22-18(4,5)6)10-8-9-11-17(21)14(2)12-13-15(3)19;1-3-2;1-2/h7-9,12-13,16-17,20-21H,1,10-11H2,2-6H3;3H2,1-2H3;1-2H3/b9-8+,14-12+,15-13+;;/t16?,17-;;/m1../s1. The minimum atomic E-state index is -0.496. The van der Waals surface area contributed by atoms with Crippen LogP contribution in [0.1, 0.15) is 81.6 Å². The third-order valence-corrected chi connectivity index (χ3v) is 2.94. The van der Waals surface area contributed by atoms with Crippen LogP contribution in [0.2, 0.25) is 0 Å². The molecule has 0 amide bonds. The first-order chi connectivity index (χ1) is 12.6. The van der Waals surface area contributed by atoms with E-state index in [4.69, 9.17) is 16.4 Å². The predicted octanol–water partition coefficient (Wildman–Crippen LogP) is 7.09. The molecule has 0 rings (SSSR count). The molecule has 0 aromatic heterocycles. The first-order valence-electron chi connectivity index (χ1n) is 9.97. The summed E-state index contributed by atoms with van der Waals surface area (Å²) in [7, 11) is 0. The highest BCUT2D eigenvalue weighted by molar-refractivity contribution is 6.29. The lowest BCUT2D eigenvalue weighted by Gasteiger charge is -2.22. The molecule has 3 nitrogen and oxygen atoms in total. The molecule has 0 bridgehead atoms. The molecule has 0 aliphatic carbocycles. The summed E-state index contributed by atoms with van der Waals surface area (Å²) in [6.07, 6.45) is 11.5. The Bertz CT molecular complexity index is 430. The predicted molar refractivity (Wildman–Crippen MR) is 123 cm³/mol. The van der Waals surface area contributed by atoms with Crippen LogP contribution in [0.25, 0.3) is 0 Å². The van der Waals surface area contributed by atoms with E-state index in [1.54, 1.807) is 13.0 Å². The van der Waals surface area contributed by atoms with E-state index in [0.717, 1.165) is 12.0 Å². The molecule has 0 aliphatic rings. The molecule has 0 fully saturated rings. The molecular formula is C23H44ClNO2. The zero-order valence-corrected chi connectivity index (χ0v) is 19.9. The number of aliphatic hydroxyl groups is 1. The fraction of sp³-hybridized carbons (Fsp3) is 0.652. The van der Waals surface area contributed by atoms with Crippen LogP contribution in [-0.4, -0.2) is 22.9 Å². The zero-order valence-electron chi connectivity index (χ0n) is 19.1. The molecule has 0 spiro atoms. The minimum Gasteiger partial charge on any atom is -0.388 e. The van der Waals surface area contributed by atoms with E-state index in [2.05, 4.69) is 25.9 Å². The maximum absolute atomic E-state index is 10.0. The molecule has 4 heteroatoms. The van der Waals surface area contributed by atoms with Crippen molar-refractivity contribution in [2.75, 3.05) is 0 Å². The molecule has 2 atom stereocenters. The van der Waals surface area contributed by atoms with Crippen molar-refractivity contribution in [2.45, 2.75) is 99.3 Å². The Hall–Kier alpha value is -0.870. The number of nitrogens with one attached hydrogen (secondary N) is 1. The van der Waals surface area contributed by atoms with Crippen molar-refractivity contribution in [1.29, 1.82) is 0 Å². The van der Waals surface area contributed by atoms with Gasteiger partial charge in [0, 0.05) is 5.03 Å². The number of allylic oxidation sites excluding steroid dienone is 3. The van der Waals surface area contributed by atoms with Crippen LogP contribution in [0.3, 0.4) is 0 Å². The Morgan fingerprint density at radius 1 is 1.11 bits per heavy atom. The van der Waals surface area contributed by atoms with Crippen LogP contribution < -0.4 is 5.48 Å². The Kier molecular flexibility index (Phi) is 22.7. The number of rotatable bonds is 9. The molecule has 0 saturated heterocycles. The van der Waals surface area contributed by atoms with E-state index in [1.807, 2.05) is 65.8 Å². The summed E-state index contributed by atoms with van der Waals surface area (Å²) in [6, 6.07) is 0.0473. The normalized spacial score (nSPS) is 14.6. The second-order valence-electron chi connectivity index (χ2n) is 7.00. The van der Waals surface area contributed by atoms with Crippen molar-refractivity contribution < 1.29 is 9.94 Å². The zero-order chi connectivity index (χ0) is 21.9. The van der Waals surface area contributed by atoms with Gasteiger partial charge in [-0.2, -0.15) is 5.48 Å². The lowest BCUT2D eigenvalue weighted by Crippen LogP contribution is -2.35. The summed E-state index contributed by atoms with van der Waals surface area (Å²) in [5.74, 6) is 0. The highest BCUT2D eigenvalue weighted by Gasteiger charge is 2.12. The Labute approximate surface area is 174 Å². The number of hydroxylamine groups is 1. The van der Waals surface area contributed by atoms with Crippen molar-refractivity contribution in [3.05, 3.63) is 47.6 Å². The van der Waals surface area contributed by atoms with E-state index >= 15 is 0 Å². The van der Waals surface area contributed by atoms with Crippen molar-refractivity contribution in [1.82, 2.24) is 5.48 Å². The lowest BCUT2D eigenvalue weighted by atomic mass is 10.1. The highest BCUT2D eigenvalue weighted by Crippen LogP contribution is 2.10. The second-order valence-corrected chi connectivity index (χ2v) is 7.60. The van der Waals surface area contributed by atoms with Gasteiger partial charge in [0.15, 0.2) is 0 Å². The molecule has 0 aliphatic heterocycles. The fourth-order valence-electron chi connectivity index (χ4n) is 1.46. The monoisotopic (exact) mass is 401 g/mol. The number of hydrogen-bond acceptors (Lipinski definition) is 3. The topological polar surface area (TPSA) is 41.5 Å². The molecule has 2 N–H and O–H groups in total. The van der Waals surface area contributed by atoms with Gasteiger partial charge in [-0.3, -0.25) is 4.84 Å². The van der Waals surface area contributed by atoms with Crippen molar-refractivity contribution in [3.63, 3.8) is 0 Å². The average molecular weight is 402 g/mol. The first-order valence-corrected chi connectivity index (χ1v) is 10.3. The van der Waals surface area contributed by atoms with E-state index in [0.29, 0.717) is 11.5 Å². The molecule has 160 valence electrons. The fourth-order valence-corrected chi connectivity index (χ4v) is 1.52. The van der Waals surface area contributed by atoms with Gasteiger partial charge in [0.1, 0.15) is 0 Å². The van der Waals surface area contributed by atoms with Gasteiger partial charge in [0.25, 0.3) is 0 Å². The van der Waals surface area contributed by atoms with Crippen molar-refractivity contribution in [3.8, 4) is 0 Å². The summed E-state index contributed by atoms with van der Waals surface area (Å²) in [4.78, 5) is 5.52. The van der Waals surface area contributed by atoms with Crippen LogP contribution >= 0.6 is 11.6 Å². The van der Waals surface area contributed by atoms with Crippen LogP contribution in [0.5, 0.6) is 0 Å². The van der Waals surface area contributed by atoms with Gasteiger partial charge >= 0.3 is 0 Å². The second kappa shape index (κ2) is 19.9. The van der Waals surface area contributed by atoms with Gasteiger partial charge in [-0.25, -0.2) is 0 Å². The lowest BCUT2D eigenvalue weighted by molar-refractivity contribution is -0.0816. The van der Waals surface area contributed by atoms with Gasteiger partial charge < -0.3 is 5.11 Å². The van der Waals surface area contributed by atoms with Crippen LogP contribution in [0, 0.1) is 0 Å². The van der Waals surface area contributed by atoms with Crippen LogP contribution in [-0.2, 0) is 4.84 Å². The quantitative estimate of drug-likeness (QED) is 0.246. The molecule has 1 unspecified atom stereocenters. The van der Waals surface area contributed by atoms with E-state index < -0.39 is 6.10 Å². The van der Waals surface area contributed by atoms with E-state index in [1.165, 1.54) is 6.42 Å². The summed E-state index contributed by atoms with van der Waals surface area (Å²) in [5, 5.41) is 10.7. The van der Waals surface area contributed by atoms with Gasteiger partial charge in [0.2, 0.25) is 0 Å². The van der Waals surface area contributed by atoms with Crippen LogP contribution in [0.4, 0.5) is 0 Å². The maximum Gasteiger partial charge on any atom is 0.0813 e. The van der Waals surface area contributed by atoms with Crippen molar-refractivity contribution >= 4 is 11.6 Å². The van der Waals surface area contributed by atoms with Gasteiger partial charge in [-0.15, -0.1) is 6.58 Å². The number of halogens is 1. The maximum atomic E-state index is 10.0. The molecule has 0 aromatic rings. The van der Waals surface area contributed by atoms with Gasteiger partial charge in [-0.05, 0) is 59.1 Å². The van der Waals surface area contributed by atoms with E-state index in [-0.39, 0.29) is 11.6 Å². The Morgan fingerprint density at radius 2 is 1.59 bits per heavy atom. The van der Waals surface area contributed by atoms with Crippen molar-refractivity contribution in [2.24, 2.45) is 0 Å². The molecule has 0 aromatic carbocycles. The van der Waals surface area contributed by atoms with Gasteiger partial charge in [-0.1, -0.05) is 70.0 Å². The summed E-state index contributed by atoms with van der Waals surface area (Å²) < 4.78 is 0. The average Bonchev–Trinajstić information content (AvgIpc) is 2.60. The minimum absolute atomic E-state index is 0.0473.